The molecule has 2 N–H and O–H groups in total. The fourth-order valence-corrected chi connectivity index (χ4v) is 2.98. The maximum atomic E-state index is 5.96. The summed E-state index contributed by atoms with van der Waals surface area (Å²) in [6.45, 7) is 6.25. The third kappa shape index (κ3) is 2.25. The molecule has 0 amide bonds. The van der Waals surface area contributed by atoms with Gasteiger partial charge in [0, 0.05) is 12.6 Å². The number of rotatable bonds is 3. The minimum atomic E-state index is 0.0819. The lowest BCUT2D eigenvalue weighted by atomic mass is 9.76. The Morgan fingerprint density at radius 3 is 2.78 bits per heavy atom. The molecule has 1 aliphatic heterocycles. The van der Waals surface area contributed by atoms with Crippen LogP contribution in [0.4, 0.5) is 0 Å². The Hall–Kier alpha value is -1.06. The van der Waals surface area contributed by atoms with E-state index < -0.39 is 0 Å². The van der Waals surface area contributed by atoms with Crippen molar-refractivity contribution in [3.8, 4) is 5.75 Å². The average Bonchev–Trinajstić information content (AvgIpc) is 2.37. The molecule has 1 heterocycles. The van der Waals surface area contributed by atoms with Crippen LogP contribution in [0, 0.1) is 5.41 Å². The number of nitrogens with zero attached hydrogens (tertiary/aromatic N) is 1. The molecule has 3 nitrogen and oxygen atoms in total. The van der Waals surface area contributed by atoms with Crippen LogP contribution >= 0.6 is 0 Å². The van der Waals surface area contributed by atoms with Gasteiger partial charge < -0.3 is 10.5 Å². The van der Waals surface area contributed by atoms with Gasteiger partial charge in [0.25, 0.3) is 0 Å². The van der Waals surface area contributed by atoms with Gasteiger partial charge in [0.15, 0.2) is 0 Å². The van der Waals surface area contributed by atoms with Crippen molar-refractivity contribution in [2.24, 2.45) is 11.1 Å². The van der Waals surface area contributed by atoms with Crippen LogP contribution in [-0.2, 0) is 6.42 Å². The van der Waals surface area contributed by atoms with Crippen LogP contribution in [0.5, 0.6) is 5.75 Å². The molecule has 0 aromatic heterocycles. The molecule has 0 saturated carbocycles. The van der Waals surface area contributed by atoms with Crippen molar-refractivity contribution >= 4 is 0 Å². The van der Waals surface area contributed by atoms with E-state index in [-0.39, 0.29) is 5.41 Å². The summed E-state index contributed by atoms with van der Waals surface area (Å²) in [6.07, 6.45) is 1.08. The number of ether oxygens (including phenoxy) is 1. The Balaban J connectivity index is 2.45. The number of hydrogen-bond donors (Lipinski definition) is 1. The summed E-state index contributed by atoms with van der Waals surface area (Å²) < 4.78 is 5.32. The molecule has 0 fully saturated rings. The molecule has 3 heteroatoms. The van der Waals surface area contributed by atoms with Gasteiger partial charge >= 0.3 is 0 Å². The second kappa shape index (κ2) is 4.90. The number of benzene rings is 1. The van der Waals surface area contributed by atoms with E-state index in [1.807, 2.05) is 0 Å². The zero-order valence-electron chi connectivity index (χ0n) is 11.9. The number of hydrogen-bond acceptors (Lipinski definition) is 3. The Labute approximate surface area is 110 Å². The summed E-state index contributed by atoms with van der Waals surface area (Å²) in [5, 5.41) is 0. The fraction of sp³-hybridized carbons (Fsp3) is 0.600. The highest BCUT2D eigenvalue weighted by Crippen LogP contribution is 2.41. The molecule has 1 aliphatic rings. The van der Waals surface area contributed by atoms with Gasteiger partial charge in [0.05, 0.1) is 7.11 Å². The van der Waals surface area contributed by atoms with Crippen molar-refractivity contribution in [1.82, 2.24) is 4.90 Å². The number of likely N-dealkylation sites (N-methyl/N-ethyl adjacent to an activating group) is 1. The van der Waals surface area contributed by atoms with Crippen molar-refractivity contribution < 1.29 is 4.74 Å². The molecule has 2 rings (SSSR count). The summed E-state index contributed by atoms with van der Waals surface area (Å²) in [4.78, 5) is 2.42. The Morgan fingerprint density at radius 2 is 2.17 bits per heavy atom. The second-order valence-corrected chi connectivity index (χ2v) is 5.89. The molecule has 1 unspecified atom stereocenters. The molecular weight excluding hydrogens is 224 g/mol. The van der Waals surface area contributed by atoms with E-state index in [2.05, 4.69) is 44.0 Å². The first-order valence-electron chi connectivity index (χ1n) is 6.56. The van der Waals surface area contributed by atoms with E-state index in [4.69, 9.17) is 10.5 Å². The third-order valence-electron chi connectivity index (χ3n) is 4.09. The quantitative estimate of drug-likeness (QED) is 0.891. The zero-order chi connectivity index (χ0) is 13.3. The van der Waals surface area contributed by atoms with E-state index in [0.717, 1.165) is 18.7 Å². The molecule has 0 saturated heterocycles. The van der Waals surface area contributed by atoms with Crippen LogP contribution in [0.1, 0.15) is 31.0 Å². The van der Waals surface area contributed by atoms with E-state index in [1.165, 1.54) is 11.1 Å². The summed E-state index contributed by atoms with van der Waals surface area (Å²) in [6, 6.07) is 6.81. The Kier molecular flexibility index (Phi) is 3.64. The molecular formula is C15H24N2O. The fourth-order valence-electron chi connectivity index (χ4n) is 2.98. The minimum Gasteiger partial charge on any atom is -0.497 e. The first-order chi connectivity index (χ1) is 8.49. The molecule has 1 aromatic rings. The highest BCUT2D eigenvalue weighted by molar-refractivity contribution is 5.40. The van der Waals surface area contributed by atoms with E-state index >= 15 is 0 Å². The largest absolute Gasteiger partial charge is 0.497 e. The number of nitrogens with two attached hydrogens (primary N) is 1. The lowest BCUT2D eigenvalue weighted by molar-refractivity contribution is 0.108. The topological polar surface area (TPSA) is 38.5 Å². The lowest BCUT2D eigenvalue weighted by Crippen LogP contribution is -2.43. The second-order valence-electron chi connectivity index (χ2n) is 5.89. The van der Waals surface area contributed by atoms with Crippen molar-refractivity contribution in [2.45, 2.75) is 26.3 Å². The zero-order valence-corrected chi connectivity index (χ0v) is 11.9. The molecule has 0 aliphatic carbocycles. The van der Waals surface area contributed by atoms with E-state index in [1.54, 1.807) is 7.11 Å². The normalized spacial score (nSPS) is 20.6. The first-order valence-corrected chi connectivity index (χ1v) is 6.56. The van der Waals surface area contributed by atoms with Crippen LogP contribution in [0.15, 0.2) is 18.2 Å². The third-order valence-corrected chi connectivity index (χ3v) is 4.09. The predicted molar refractivity (Wildman–Crippen MR) is 74.9 cm³/mol. The smallest absolute Gasteiger partial charge is 0.119 e. The predicted octanol–water partition coefficient (Wildman–Crippen LogP) is 2.21. The van der Waals surface area contributed by atoms with Crippen LogP contribution in [-0.4, -0.2) is 32.1 Å². The van der Waals surface area contributed by atoms with Gasteiger partial charge in [-0.25, -0.2) is 0 Å². The Morgan fingerprint density at radius 1 is 1.44 bits per heavy atom. The van der Waals surface area contributed by atoms with Crippen molar-refractivity contribution in [3.63, 3.8) is 0 Å². The van der Waals surface area contributed by atoms with Crippen molar-refractivity contribution in [2.75, 3.05) is 27.2 Å². The maximum Gasteiger partial charge on any atom is 0.119 e. The van der Waals surface area contributed by atoms with Gasteiger partial charge in [-0.1, -0.05) is 19.9 Å². The molecule has 1 aromatic carbocycles. The number of fused-ring (bicyclic) bond motifs is 1. The summed E-state index contributed by atoms with van der Waals surface area (Å²) in [5.74, 6) is 0.947. The standard InChI is InChI=1S/C15H24N2O/c1-15(2,10-16)14-13-6-5-12(18-4)9-11(13)7-8-17(14)3/h5-6,9,14H,7-8,10,16H2,1-4H3. The van der Waals surface area contributed by atoms with Crippen molar-refractivity contribution in [1.29, 1.82) is 0 Å². The summed E-state index contributed by atoms with van der Waals surface area (Å²) in [7, 11) is 3.91. The summed E-state index contributed by atoms with van der Waals surface area (Å²) in [5.41, 5.74) is 8.85. The highest BCUT2D eigenvalue weighted by Gasteiger charge is 2.36. The SMILES string of the molecule is COc1ccc2c(c1)CCN(C)C2C(C)(C)CN. The molecule has 0 spiro atoms. The average molecular weight is 248 g/mol. The van der Waals surface area contributed by atoms with Crippen LogP contribution in [0.25, 0.3) is 0 Å². The van der Waals surface area contributed by atoms with Crippen LogP contribution < -0.4 is 10.5 Å². The molecule has 1 atom stereocenters. The van der Waals surface area contributed by atoms with Gasteiger partial charge in [0.1, 0.15) is 5.75 Å². The van der Waals surface area contributed by atoms with Gasteiger partial charge in [-0.15, -0.1) is 0 Å². The van der Waals surface area contributed by atoms with Gasteiger partial charge in [-0.3, -0.25) is 4.90 Å². The maximum absolute atomic E-state index is 5.96. The Bertz CT molecular complexity index is 429. The molecule has 0 radical (unpaired) electrons. The van der Waals surface area contributed by atoms with Crippen LogP contribution in [0.3, 0.4) is 0 Å². The lowest BCUT2D eigenvalue weighted by Gasteiger charge is -2.44. The van der Waals surface area contributed by atoms with Crippen LogP contribution in [0.2, 0.25) is 0 Å². The number of methoxy groups -OCH3 is 1. The molecule has 18 heavy (non-hydrogen) atoms. The highest BCUT2D eigenvalue weighted by atomic mass is 16.5. The monoisotopic (exact) mass is 248 g/mol. The van der Waals surface area contributed by atoms with E-state index in [9.17, 15) is 0 Å². The van der Waals surface area contributed by atoms with Gasteiger partial charge in [-0.05, 0) is 48.7 Å². The minimum absolute atomic E-state index is 0.0819. The van der Waals surface area contributed by atoms with Gasteiger partial charge in [0.2, 0.25) is 0 Å². The van der Waals surface area contributed by atoms with Gasteiger partial charge in [-0.2, -0.15) is 0 Å². The van der Waals surface area contributed by atoms with Crippen molar-refractivity contribution in [3.05, 3.63) is 29.3 Å². The summed E-state index contributed by atoms with van der Waals surface area (Å²) >= 11 is 0. The molecule has 100 valence electrons. The van der Waals surface area contributed by atoms with E-state index in [0.29, 0.717) is 12.6 Å². The first kappa shape index (κ1) is 13.4. The molecule has 0 bridgehead atoms.